The molecule has 21 heavy (non-hydrogen) atoms. The minimum Gasteiger partial charge on any atom is -0.388 e. The maximum absolute atomic E-state index is 4.25. The van der Waals surface area contributed by atoms with E-state index in [0.29, 0.717) is 0 Å². The van der Waals surface area contributed by atoms with Gasteiger partial charge in [0.2, 0.25) is 0 Å². The second-order valence-electron chi connectivity index (χ2n) is 5.13. The standard InChI is InChI=1S/C14H20.C2H6O.2C2H6/c1-7-13-11(3)9-14(5,6)8-10(2)12(13)4;1-3-2;2*1-2/h7-9H,1H2,2-6H3;1-2H3;2*1-2H3. The Labute approximate surface area is 134 Å². The summed E-state index contributed by atoms with van der Waals surface area (Å²) < 4.78 is 4.25. The molecule has 0 spiro atoms. The maximum atomic E-state index is 4.25. The van der Waals surface area contributed by atoms with E-state index in [4.69, 9.17) is 0 Å². The molecule has 1 rings (SSSR count). The lowest BCUT2D eigenvalue weighted by Gasteiger charge is -2.15. The second-order valence-corrected chi connectivity index (χ2v) is 5.13. The summed E-state index contributed by atoms with van der Waals surface area (Å²) in [5.74, 6) is 0. The average Bonchev–Trinajstić information content (AvgIpc) is 2.50. The number of ether oxygens (including phenoxy) is 1. The van der Waals surface area contributed by atoms with Crippen LogP contribution in [0.2, 0.25) is 0 Å². The minimum atomic E-state index is 0.153. The Morgan fingerprint density at radius 1 is 0.905 bits per heavy atom. The first kappa shape index (κ1) is 24.9. The van der Waals surface area contributed by atoms with Gasteiger partial charge in [0.1, 0.15) is 0 Å². The summed E-state index contributed by atoms with van der Waals surface area (Å²) in [4.78, 5) is 0. The maximum Gasteiger partial charge on any atom is 0.0351 e. The zero-order chi connectivity index (χ0) is 17.6. The molecule has 0 aliphatic heterocycles. The van der Waals surface area contributed by atoms with Gasteiger partial charge in [0.25, 0.3) is 0 Å². The van der Waals surface area contributed by atoms with Crippen LogP contribution in [0.3, 0.4) is 0 Å². The summed E-state index contributed by atoms with van der Waals surface area (Å²) >= 11 is 0. The smallest absolute Gasteiger partial charge is 0.0351 e. The fourth-order valence-electron chi connectivity index (χ4n) is 2.17. The highest BCUT2D eigenvalue weighted by Gasteiger charge is 2.17. The van der Waals surface area contributed by atoms with Crippen molar-refractivity contribution in [3.05, 3.63) is 47.1 Å². The van der Waals surface area contributed by atoms with E-state index in [9.17, 15) is 0 Å². The fourth-order valence-corrected chi connectivity index (χ4v) is 2.17. The molecule has 0 amide bonds. The highest BCUT2D eigenvalue weighted by atomic mass is 16.4. The first-order chi connectivity index (χ1) is 9.79. The molecule has 0 bridgehead atoms. The molecule has 0 fully saturated rings. The van der Waals surface area contributed by atoms with Crippen molar-refractivity contribution in [1.82, 2.24) is 0 Å². The van der Waals surface area contributed by atoms with Crippen molar-refractivity contribution in [2.24, 2.45) is 5.41 Å². The van der Waals surface area contributed by atoms with E-state index in [-0.39, 0.29) is 5.41 Å². The predicted molar refractivity (Wildman–Crippen MR) is 99.8 cm³/mol. The van der Waals surface area contributed by atoms with Gasteiger partial charge in [0.05, 0.1) is 0 Å². The molecule has 0 saturated heterocycles. The monoisotopic (exact) mass is 294 g/mol. The van der Waals surface area contributed by atoms with E-state index in [1.54, 1.807) is 14.2 Å². The van der Waals surface area contributed by atoms with Gasteiger partial charge in [0, 0.05) is 19.6 Å². The Morgan fingerprint density at radius 2 is 1.24 bits per heavy atom. The Balaban J connectivity index is -0.000000399. The molecule has 0 saturated carbocycles. The van der Waals surface area contributed by atoms with Crippen molar-refractivity contribution in [2.75, 3.05) is 14.2 Å². The molecular weight excluding hydrogens is 256 g/mol. The van der Waals surface area contributed by atoms with Crippen LogP contribution < -0.4 is 0 Å². The molecule has 0 atom stereocenters. The van der Waals surface area contributed by atoms with Crippen LogP contribution in [-0.4, -0.2) is 14.2 Å². The number of hydrogen-bond acceptors (Lipinski definition) is 1. The molecule has 1 nitrogen and oxygen atoms in total. The Bertz CT molecular complexity index is 365. The predicted octanol–water partition coefficient (Wildman–Crippen LogP) is 6.74. The van der Waals surface area contributed by atoms with Gasteiger partial charge in [-0.05, 0) is 37.5 Å². The third-order valence-electron chi connectivity index (χ3n) is 2.80. The summed E-state index contributed by atoms with van der Waals surface area (Å²) in [7, 11) is 3.25. The highest BCUT2D eigenvalue weighted by Crippen LogP contribution is 2.33. The van der Waals surface area contributed by atoms with Crippen LogP contribution in [0.1, 0.15) is 62.3 Å². The zero-order valence-electron chi connectivity index (χ0n) is 16.3. The summed E-state index contributed by atoms with van der Waals surface area (Å²) in [6, 6.07) is 0. The Kier molecular flexibility index (Phi) is 16.5. The van der Waals surface area contributed by atoms with Crippen molar-refractivity contribution >= 4 is 0 Å². The lowest BCUT2D eigenvalue weighted by atomic mass is 9.90. The zero-order valence-corrected chi connectivity index (χ0v) is 16.3. The SMILES string of the molecule is C=CC1=C(C)C(C)=CC(C)(C)C=C1C.CC.CC.COC. The summed E-state index contributed by atoms with van der Waals surface area (Å²) in [5, 5.41) is 0. The van der Waals surface area contributed by atoms with Gasteiger partial charge in [-0.1, -0.05) is 71.9 Å². The summed E-state index contributed by atoms with van der Waals surface area (Å²) in [6.45, 7) is 22.9. The number of rotatable bonds is 1. The second kappa shape index (κ2) is 13.9. The van der Waals surface area contributed by atoms with Crippen LogP contribution >= 0.6 is 0 Å². The normalized spacial score (nSPS) is 15.6. The number of methoxy groups -OCH3 is 1. The molecule has 0 heterocycles. The largest absolute Gasteiger partial charge is 0.388 e. The van der Waals surface area contributed by atoms with Crippen molar-refractivity contribution in [1.29, 1.82) is 0 Å². The highest BCUT2D eigenvalue weighted by molar-refractivity contribution is 5.51. The van der Waals surface area contributed by atoms with E-state index >= 15 is 0 Å². The van der Waals surface area contributed by atoms with Crippen molar-refractivity contribution in [3.8, 4) is 0 Å². The topological polar surface area (TPSA) is 9.23 Å². The molecule has 0 aromatic carbocycles. The molecule has 0 radical (unpaired) electrons. The first-order valence-corrected chi connectivity index (χ1v) is 7.92. The third-order valence-corrected chi connectivity index (χ3v) is 2.80. The van der Waals surface area contributed by atoms with Crippen molar-refractivity contribution in [3.63, 3.8) is 0 Å². The molecule has 0 unspecified atom stereocenters. The van der Waals surface area contributed by atoms with Gasteiger partial charge in [-0.25, -0.2) is 0 Å². The van der Waals surface area contributed by atoms with E-state index in [1.807, 2.05) is 33.8 Å². The van der Waals surface area contributed by atoms with Gasteiger partial charge < -0.3 is 4.74 Å². The Morgan fingerprint density at radius 3 is 1.57 bits per heavy atom. The van der Waals surface area contributed by atoms with Gasteiger partial charge in [-0.15, -0.1) is 0 Å². The minimum absolute atomic E-state index is 0.153. The molecule has 1 aliphatic carbocycles. The van der Waals surface area contributed by atoms with Gasteiger partial charge >= 0.3 is 0 Å². The van der Waals surface area contributed by atoms with Gasteiger partial charge in [0.15, 0.2) is 0 Å². The molecule has 1 aliphatic rings. The van der Waals surface area contributed by atoms with Crippen molar-refractivity contribution in [2.45, 2.75) is 62.3 Å². The molecule has 0 aromatic rings. The van der Waals surface area contributed by atoms with Gasteiger partial charge in [-0.3, -0.25) is 0 Å². The van der Waals surface area contributed by atoms with Crippen LogP contribution in [0.15, 0.2) is 47.1 Å². The quantitative estimate of drug-likeness (QED) is 0.520. The van der Waals surface area contributed by atoms with E-state index < -0.39 is 0 Å². The summed E-state index contributed by atoms with van der Waals surface area (Å²) in [5.41, 5.74) is 5.47. The molecular formula is C20H38O. The van der Waals surface area contributed by atoms with Crippen LogP contribution in [0.5, 0.6) is 0 Å². The molecule has 0 N–H and O–H groups in total. The lowest BCUT2D eigenvalue weighted by molar-refractivity contribution is 0.277. The van der Waals surface area contributed by atoms with Crippen LogP contribution in [0.4, 0.5) is 0 Å². The van der Waals surface area contributed by atoms with Gasteiger partial charge in [-0.2, -0.15) is 0 Å². The molecule has 0 aromatic heterocycles. The molecule has 1 heteroatoms. The Hall–Kier alpha value is -1.08. The number of hydrogen-bond donors (Lipinski definition) is 0. The van der Waals surface area contributed by atoms with Crippen LogP contribution in [0.25, 0.3) is 0 Å². The number of allylic oxidation sites excluding steroid dienone is 7. The molecule has 124 valence electrons. The summed E-state index contributed by atoms with van der Waals surface area (Å²) in [6.07, 6.45) is 6.59. The lowest BCUT2D eigenvalue weighted by Crippen LogP contribution is -2.03. The first-order valence-electron chi connectivity index (χ1n) is 7.92. The average molecular weight is 295 g/mol. The van der Waals surface area contributed by atoms with E-state index in [1.165, 1.54) is 22.3 Å². The van der Waals surface area contributed by atoms with Crippen LogP contribution in [0, 0.1) is 5.41 Å². The fraction of sp³-hybridized carbons (Fsp3) is 0.600. The van der Waals surface area contributed by atoms with Crippen LogP contribution in [-0.2, 0) is 4.74 Å². The van der Waals surface area contributed by atoms with E-state index in [0.717, 1.165) is 0 Å². The van der Waals surface area contributed by atoms with Crippen molar-refractivity contribution < 1.29 is 4.74 Å². The van der Waals surface area contributed by atoms with E-state index in [2.05, 4.69) is 58.1 Å². The third kappa shape index (κ3) is 10.3.